The Morgan fingerprint density at radius 3 is 1.88 bits per heavy atom. The molecule has 0 rings (SSSR count). The molecule has 4 atom stereocenters. The first kappa shape index (κ1) is 30.7. The van der Waals surface area contributed by atoms with Crippen molar-refractivity contribution in [3.8, 4) is 0 Å². The number of nitrogens with two attached hydrogens (primary N) is 3. The van der Waals surface area contributed by atoms with Gasteiger partial charge in [-0.3, -0.25) is 24.0 Å². The fourth-order valence-electron chi connectivity index (χ4n) is 2.93. The number of carboxylic acids is 2. The van der Waals surface area contributed by atoms with E-state index in [0.717, 1.165) is 0 Å². The third kappa shape index (κ3) is 12.1. The number of rotatable bonds is 17. The predicted molar refractivity (Wildman–Crippen MR) is 120 cm³/mol. The molecule has 0 aromatic heterocycles. The maximum absolute atomic E-state index is 12.8. The van der Waals surface area contributed by atoms with Crippen LogP contribution >= 0.6 is 0 Å². The molecular weight excluding hydrogens is 452 g/mol. The van der Waals surface area contributed by atoms with E-state index in [1.165, 1.54) is 0 Å². The van der Waals surface area contributed by atoms with Gasteiger partial charge < -0.3 is 43.4 Å². The van der Waals surface area contributed by atoms with Crippen LogP contribution in [0.4, 0.5) is 0 Å². The van der Waals surface area contributed by atoms with Crippen LogP contribution in [0, 0.1) is 5.92 Å². The highest BCUT2D eigenvalue weighted by Gasteiger charge is 2.32. The van der Waals surface area contributed by atoms with Crippen molar-refractivity contribution in [1.29, 1.82) is 0 Å². The molecule has 0 aliphatic carbocycles. The number of amides is 4. The first-order valence-corrected chi connectivity index (χ1v) is 10.9. The van der Waals surface area contributed by atoms with E-state index in [0.29, 0.717) is 19.4 Å². The summed E-state index contributed by atoms with van der Waals surface area (Å²) in [6.45, 7) is 3.56. The summed E-state index contributed by atoms with van der Waals surface area (Å²) in [5.74, 6) is -6.30. The Balaban J connectivity index is 5.47. The van der Waals surface area contributed by atoms with Crippen molar-refractivity contribution in [3.63, 3.8) is 0 Å². The van der Waals surface area contributed by atoms with Crippen LogP contribution in [0.25, 0.3) is 0 Å². The third-order valence-corrected chi connectivity index (χ3v) is 4.85. The standard InChI is InChI=1S/C20H36N6O8/c1-10(2)16(26-17(30)11(22)9-14(23)27)19(32)24-12(6-7-15(28)29)18(31)25-13(20(33)34)5-3-4-8-21/h10-13,16H,3-9,21-22H2,1-2H3,(H2,23,27)(H,24,32)(H,25,31)(H,26,30)(H,28,29)(H,33,34). The van der Waals surface area contributed by atoms with Gasteiger partial charge in [0.25, 0.3) is 0 Å². The molecule has 0 aromatic rings. The summed E-state index contributed by atoms with van der Waals surface area (Å²) in [6.07, 6.45) is -0.157. The average molecular weight is 489 g/mol. The second-order valence-corrected chi connectivity index (χ2v) is 8.18. The van der Waals surface area contributed by atoms with E-state index in [-0.39, 0.29) is 12.8 Å². The lowest BCUT2D eigenvalue weighted by atomic mass is 10.0. The fourth-order valence-corrected chi connectivity index (χ4v) is 2.93. The number of carbonyl (C=O) groups is 6. The minimum Gasteiger partial charge on any atom is -0.481 e. The molecule has 0 radical (unpaired) electrons. The number of carbonyl (C=O) groups excluding carboxylic acids is 4. The van der Waals surface area contributed by atoms with E-state index in [1.54, 1.807) is 13.8 Å². The second kappa shape index (κ2) is 15.6. The molecule has 4 amide bonds. The molecule has 14 nitrogen and oxygen atoms in total. The minimum absolute atomic E-state index is 0.0975. The van der Waals surface area contributed by atoms with Gasteiger partial charge in [0.2, 0.25) is 23.6 Å². The molecule has 4 unspecified atom stereocenters. The lowest BCUT2D eigenvalue weighted by Gasteiger charge is -2.26. The molecule has 0 saturated heterocycles. The van der Waals surface area contributed by atoms with Gasteiger partial charge in [-0.05, 0) is 38.1 Å². The molecule has 0 aromatic carbocycles. The maximum Gasteiger partial charge on any atom is 0.326 e. The topological polar surface area (TPSA) is 257 Å². The lowest BCUT2D eigenvalue weighted by molar-refractivity contribution is -0.143. The van der Waals surface area contributed by atoms with Gasteiger partial charge in [-0.25, -0.2) is 4.79 Å². The van der Waals surface area contributed by atoms with Crippen molar-refractivity contribution in [1.82, 2.24) is 16.0 Å². The second-order valence-electron chi connectivity index (χ2n) is 8.18. The molecule has 0 bridgehead atoms. The van der Waals surface area contributed by atoms with Crippen LogP contribution in [0.15, 0.2) is 0 Å². The van der Waals surface area contributed by atoms with Crippen LogP contribution in [0.2, 0.25) is 0 Å². The Kier molecular flexibility index (Phi) is 14.1. The molecular formula is C20H36N6O8. The van der Waals surface area contributed by atoms with Crippen molar-refractivity contribution in [2.24, 2.45) is 23.1 Å². The van der Waals surface area contributed by atoms with Gasteiger partial charge in [-0.1, -0.05) is 13.8 Å². The summed E-state index contributed by atoms with van der Waals surface area (Å²) >= 11 is 0. The minimum atomic E-state index is -1.38. The highest BCUT2D eigenvalue weighted by molar-refractivity contribution is 5.95. The number of hydrogen-bond acceptors (Lipinski definition) is 8. The van der Waals surface area contributed by atoms with Crippen LogP contribution in [-0.2, 0) is 28.8 Å². The van der Waals surface area contributed by atoms with Crippen molar-refractivity contribution in [3.05, 3.63) is 0 Å². The van der Waals surface area contributed by atoms with Crippen molar-refractivity contribution < 1.29 is 39.0 Å². The van der Waals surface area contributed by atoms with E-state index in [4.69, 9.17) is 22.3 Å². The Hall–Kier alpha value is -3.26. The average Bonchev–Trinajstić information content (AvgIpc) is 2.72. The summed E-state index contributed by atoms with van der Waals surface area (Å²) in [6, 6.07) is -5.10. The predicted octanol–water partition coefficient (Wildman–Crippen LogP) is -2.62. The van der Waals surface area contributed by atoms with Crippen LogP contribution in [-0.4, -0.2) is 76.5 Å². The van der Waals surface area contributed by atoms with Gasteiger partial charge in [0, 0.05) is 6.42 Å². The summed E-state index contributed by atoms with van der Waals surface area (Å²) in [7, 11) is 0. The normalized spacial score (nSPS) is 14.4. The first-order valence-electron chi connectivity index (χ1n) is 10.9. The van der Waals surface area contributed by atoms with E-state index >= 15 is 0 Å². The largest absolute Gasteiger partial charge is 0.481 e. The summed E-state index contributed by atoms with van der Waals surface area (Å²) in [5.41, 5.74) is 16.0. The van der Waals surface area contributed by atoms with E-state index < -0.39 is 78.5 Å². The molecule has 0 aliphatic heterocycles. The third-order valence-electron chi connectivity index (χ3n) is 4.85. The molecule has 11 N–H and O–H groups in total. The van der Waals surface area contributed by atoms with Crippen LogP contribution in [0.5, 0.6) is 0 Å². The molecule has 0 heterocycles. The van der Waals surface area contributed by atoms with Gasteiger partial charge in [0.1, 0.15) is 18.1 Å². The zero-order chi connectivity index (χ0) is 26.4. The van der Waals surface area contributed by atoms with Crippen LogP contribution in [0.3, 0.4) is 0 Å². The number of aliphatic carboxylic acids is 2. The number of hydrogen-bond donors (Lipinski definition) is 8. The highest BCUT2D eigenvalue weighted by Crippen LogP contribution is 2.07. The lowest BCUT2D eigenvalue weighted by Crippen LogP contribution is -2.58. The van der Waals surface area contributed by atoms with E-state index in [2.05, 4.69) is 16.0 Å². The van der Waals surface area contributed by atoms with Gasteiger partial charge in [0.15, 0.2) is 0 Å². The Bertz CT molecular complexity index is 745. The zero-order valence-electron chi connectivity index (χ0n) is 19.4. The smallest absolute Gasteiger partial charge is 0.326 e. The van der Waals surface area contributed by atoms with Gasteiger partial charge >= 0.3 is 11.9 Å². The fraction of sp³-hybridized carbons (Fsp3) is 0.700. The zero-order valence-corrected chi connectivity index (χ0v) is 19.4. The number of primary amides is 1. The van der Waals surface area contributed by atoms with Crippen molar-refractivity contribution in [2.45, 2.75) is 76.5 Å². The quantitative estimate of drug-likeness (QED) is 0.0988. The van der Waals surface area contributed by atoms with E-state index in [1.807, 2.05) is 0 Å². The number of carboxylic acid groups (broad SMARTS) is 2. The van der Waals surface area contributed by atoms with Gasteiger partial charge in [-0.2, -0.15) is 0 Å². The van der Waals surface area contributed by atoms with Crippen molar-refractivity contribution >= 4 is 35.6 Å². The van der Waals surface area contributed by atoms with Gasteiger partial charge in [-0.15, -0.1) is 0 Å². The molecule has 34 heavy (non-hydrogen) atoms. The Morgan fingerprint density at radius 1 is 0.824 bits per heavy atom. The molecule has 0 saturated carbocycles. The summed E-state index contributed by atoms with van der Waals surface area (Å²) in [4.78, 5) is 71.2. The molecule has 0 aliphatic rings. The number of unbranched alkanes of at least 4 members (excludes halogenated alkanes) is 1. The van der Waals surface area contributed by atoms with E-state index in [9.17, 15) is 33.9 Å². The highest BCUT2D eigenvalue weighted by atomic mass is 16.4. The molecule has 0 spiro atoms. The maximum atomic E-state index is 12.8. The van der Waals surface area contributed by atoms with Crippen LogP contribution < -0.4 is 33.2 Å². The summed E-state index contributed by atoms with van der Waals surface area (Å²) in [5, 5.41) is 25.4. The molecule has 0 fully saturated rings. The molecule has 194 valence electrons. The monoisotopic (exact) mass is 488 g/mol. The van der Waals surface area contributed by atoms with Gasteiger partial charge in [0.05, 0.1) is 12.5 Å². The van der Waals surface area contributed by atoms with Crippen molar-refractivity contribution in [2.75, 3.05) is 6.54 Å². The first-order chi connectivity index (χ1) is 15.8. The van der Waals surface area contributed by atoms with Crippen LogP contribution in [0.1, 0.15) is 52.4 Å². The SMILES string of the molecule is CC(C)C(NC(=O)C(N)CC(N)=O)C(=O)NC(CCC(=O)O)C(=O)NC(CCCCN)C(=O)O. The number of nitrogens with one attached hydrogen (secondary N) is 3. The summed E-state index contributed by atoms with van der Waals surface area (Å²) < 4.78 is 0. The Labute approximate surface area is 197 Å². The molecule has 14 heteroatoms. The Morgan fingerprint density at radius 2 is 1.41 bits per heavy atom.